The van der Waals surface area contributed by atoms with Crippen molar-refractivity contribution in [3.63, 3.8) is 0 Å². The molecule has 1 unspecified atom stereocenters. The van der Waals surface area contributed by atoms with Crippen molar-refractivity contribution in [1.29, 1.82) is 0 Å². The van der Waals surface area contributed by atoms with Gasteiger partial charge in [-0.25, -0.2) is 8.42 Å². The van der Waals surface area contributed by atoms with Crippen molar-refractivity contribution >= 4 is 9.84 Å². The van der Waals surface area contributed by atoms with E-state index in [-0.39, 0.29) is 23.7 Å². The van der Waals surface area contributed by atoms with Crippen molar-refractivity contribution in [3.05, 3.63) is 29.8 Å². The first-order valence-electron chi connectivity index (χ1n) is 7.58. The Kier molecular flexibility index (Phi) is 7.18. The first-order valence-corrected chi connectivity index (χ1v) is 9.40. The van der Waals surface area contributed by atoms with E-state index in [0.717, 1.165) is 24.3 Å². The maximum absolute atomic E-state index is 11.9. The van der Waals surface area contributed by atoms with Crippen LogP contribution in [0.1, 0.15) is 45.7 Å². The van der Waals surface area contributed by atoms with Crippen molar-refractivity contribution in [1.82, 2.24) is 5.32 Å². The van der Waals surface area contributed by atoms with Gasteiger partial charge < -0.3 is 10.1 Å². The van der Waals surface area contributed by atoms with Gasteiger partial charge >= 0.3 is 0 Å². The Hall–Kier alpha value is -1.07. The highest BCUT2D eigenvalue weighted by Crippen LogP contribution is 2.20. The molecule has 4 nitrogen and oxygen atoms in total. The molecule has 0 aromatic heterocycles. The minimum atomic E-state index is -3.02. The molecule has 0 fully saturated rings. The van der Waals surface area contributed by atoms with Crippen LogP contribution in [0.15, 0.2) is 24.3 Å². The van der Waals surface area contributed by atoms with Gasteiger partial charge in [-0.3, -0.25) is 0 Å². The highest BCUT2D eigenvalue weighted by molar-refractivity contribution is 7.91. The van der Waals surface area contributed by atoms with E-state index in [0.29, 0.717) is 0 Å². The maximum atomic E-state index is 11.9. The quantitative estimate of drug-likeness (QED) is 0.761. The van der Waals surface area contributed by atoms with E-state index in [1.54, 1.807) is 6.92 Å². The fourth-order valence-electron chi connectivity index (χ4n) is 2.01. The van der Waals surface area contributed by atoms with Crippen LogP contribution in [0, 0.1) is 0 Å². The van der Waals surface area contributed by atoms with Crippen LogP contribution >= 0.6 is 0 Å². The molecule has 1 rings (SSSR count). The number of rotatable bonds is 9. The van der Waals surface area contributed by atoms with Crippen LogP contribution in [-0.2, 0) is 9.84 Å². The normalized spacial score (nSPS) is 13.4. The Bertz CT molecular complexity index is 509. The number of benzene rings is 1. The summed E-state index contributed by atoms with van der Waals surface area (Å²) in [4.78, 5) is 0. The Morgan fingerprint density at radius 3 is 2.24 bits per heavy atom. The third-order valence-electron chi connectivity index (χ3n) is 3.16. The molecule has 1 aromatic carbocycles. The summed E-state index contributed by atoms with van der Waals surface area (Å²) in [7, 11) is -3.02. The third-order valence-corrected chi connectivity index (χ3v) is 4.88. The molecule has 0 aliphatic carbocycles. The van der Waals surface area contributed by atoms with Gasteiger partial charge in [0.15, 0.2) is 9.84 Å². The first-order chi connectivity index (χ1) is 9.88. The van der Waals surface area contributed by atoms with Crippen molar-refractivity contribution in [2.75, 3.05) is 18.1 Å². The van der Waals surface area contributed by atoms with Crippen LogP contribution < -0.4 is 10.1 Å². The molecule has 120 valence electrons. The summed E-state index contributed by atoms with van der Waals surface area (Å²) in [5.41, 5.74) is 0.983. The first kappa shape index (κ1) is 18.0. The fourth-order valence-corrected chi connectivity index (χ4v) is 3.07. The summed E-state index contributed by atoms with van der Waals surface area (Å²) in [5.74, 6) is 1.11. The molecule has 0 saturated heterocycles. The lowest BCUT2D eigenvalue weighted by Crippen LogP contribution is -2.29. The monoisotopic (exact) mass is 313 g/mol. The third kappa shape index (κ3) is 6.48. The number of sulfone groups is 1. The summed E-state index contributed by atoms with van der Waals surface area (Å²) in [6, 6.07) is 7.51. The molecular weight excluding hydrogens is 286 g/mol. The summed E-state index contributed by atoms with van der Waals surface area (Å²) in [6.45, 7) is 8.51. The van der Waals surface area contributed by atoms with Crippen molar-refractivity contribution < 1.29 is 13.2 Å². The lowest BCUT2D eigenvalue weighted by Gasteiger charge is -2.19. The summed E-state index contributed by atoms with van der Waals surface area (Å²) >= 11 is 0. The standard InChI is InChI=1S/C16H27NO3S/c1-5-11-17-16(12-21(18,19)6-2)14-7-9-15(10-8-14)20-13(3)4/h7-10,13,16-17H,5-6,11-12H2,1-4H3. The summed E-state index contributed by atoms with van der Waals surface area (Å²) in [5, 5.41) is 3.32. The Morgan fingerprint density at radius 2 is 1.76 bits per heavy atom. The minimum Gasteiger partial charge on any atom is -0.491 e. The van der Waals surface area contributed by atoms with E-state index < -0.39 is 9.84 Å². The van der Waals surface area contributed by atoms with E-state index in [1.807, 2.05) is 38.1 Å². The SMILES string of the molecule is CCCNC(CS(=O)(=O)CC)c1ccc(OC(C)C)cc1. The topological polar surface area (TPSA) is 55.4 Å². The molecule has 0 bridgehead atoms. The molecule has 1 atom stereocenters. The van der Waals surface area contributed by atoms with Crippen LogP contribution in [0.3, 0.4) is 0 Å². The molecule has 0 aliphatic heterocycles. The fraction of sp³-hybridized carbons (Fsp3) is 0.625. The molecular formula is C16H27NO3S. The number of hydrogen-bond acceptors (Lipinski definition) is 4. The molecule has 1 N–H and O–H groups in total. The highest BCUT2D eigenvalue weighted by Gasteiger charge is 2.19. The van der Waals surface area contributed by atoms with Gasteiger partial charge in [0, 0.05) is 11.8 Å². The van der Waals surface area contributed by atoms with Gasteiger partial charge in [-0.1, -0.05) is 26.0 Å². The van der Waals surface area contributed by atoms with Crippen molar-refractivity contribution in [2.24, 2.45) is 0 Å². The van der Waals surface area contributed by atoms with Gasteiger partial charge in [0.25, 0.3) is 0 Å². The maximum Gasteiger partial charge on any atom is 0.151 e. The summed E-state index contributed by atoms with van der Waals surface area (Å²) < 4.78 is 29.4. The molecule has 21 heavy (non-hydrogen) atoms. The number of hydrogen-bond donors (Lipinski definition) is 1. The average Bonchev–Trinajstić information content (AvgIpc) is 2.43. The molecule has 1 aromatic rings. The Balaban J connectivity index is 2.87. The molecule has 0 radical (unpaired) electrons. The lowest BCUT2D eigenvalue weighted by molar-refractivity contribution is 0.242. The van der Waals surface area contributed by atoms with Crippen molar-refractivity contribution in [3.8, 4) is 5.75 Å². The zero-order valence-corrected chi connectivity index (χ0v) is 14.2. The second-order valence-corrected chi connectivity index (χ2v) is 7.84. The lowest BCUT2D eigenvalue weighted by atomic mass is 10.1. The smallest absolute Gasteiger partial charge is 0.151 e. The van der Waals surface area contributed by atoms with E-state index in [4.69, 9.17) is 4.74 Å². The summed E-state index contributed by atoms with van der Waals surface area (Å²) in [6.07, 6.45) is 1.10. The average molecular weight is 313 g/mol. The second kappa shape index (κ2) is 8.39. The predicted octanol–water partition coefficient (Wildman–Crippen LogP) is 2.95. The van der Waals surface area contributed by atoms with Crippen LogP contribution in [0.2, 0.25) is 0 Å². The second-order valence-electron chi connectivity index (χ2n) is 5.44. The number of nitrogens with one attached hydrogen (secondary N) is 1. The van der Waals surface area contributed by atoms with Crippen LogP contribution in [0.4, 0.5) is 0 Å². The van der Waals surface area contributed by atoms with Crippen LogP contribution in [0.25, 0.3) is 0 Å². The Morgan fingerprint density at radius 1 is 1.14 bits per heavy atom. The molecule has 0 heterocycles. The number of ether oxygens (including phenoxy) is 1. The largest absolute Gasteiger partial charge is 0.491 e. The van der Waals surface area contributed by atoms with E-state index >= 15 is 0 Å². The van der Waals surface area contributed by atoms with Gasteiger partial charge in [-0.15, -0.1) is 0 Å². The van der Waals surface area contributed by atoms with Crippen LogP contribution in [-0.4, -0.2) is 32.6 Å². The van der Waals surface area contributed by atoms with Gasteiger partial charge in [-0.2, -0.15) is 0 Å². The Labute approximate surface area is 128 Å². The van der Waals surface area contributed by atoms with Gasteiger partial charge in [0.05, 0.1) is 11.9 Å². The van der Waals surface area contributed by atoms with Gasteiger partial charge in [-0.05, 0) is 44.5 Å². The van der Waals surface area contributed by atoms with Gasteiger partial charge in [0.2, 0.25) is 0 Å². The van der Waals surface area contributed by atoms with E-state index in [1.165, 1.54) is 0 Å². The van der Waals surface area contributed by atoms with Crippen LogP contribution in [0.5, 0.6) is 5.75 Å². The van der Waals surface area contributed by atoms with Crippen molar-refractivity contribution in [2.45, 2.75) is 46.3 Å². The molecule has 0 amide bonds. The highest BCUT2D eigenvalue weighted by atomic mass is 32.2. The molecule has 0 aliphatic rings. The minimum absolute atomic E-state index is 0.130. The van der Waals surface area contributed by atoms with E-state index in [2.05, 4.69) is 12.2 Å². The zero-order chi connectivity index (χ0) is 15.9. The molecule has 0 saturated carbocycles. The molecule has 5 heteroatoms. The van der Waals surface area contributed by atoms with E-state index in [9.17, 15) is 8.42 Å². The van der Waals surface area contributed by atoms with Gasteiger partial charge in [0.1, 0.15) is 5.75 Å². The molecule has 0 spiro atoms. The zero-order valence-electron chi connectivity index (χ0n) is 13.4. The predicted molar refractivity (Wildman–Crippen MR) is 87.6 cm³/mol.